The highest BCUT2D eigenvalue weighted by atomic mass is 35.5. The predicted molar refractivity (Wildman–Crippen MR) is 99.7 cm³/mol. The molecule has 0 spiro atoms. The molecule has 0 fully saturated rings. The van der Waals surface area contributed by atoms with E-state index < -0.39 is 17.6 Å². The molecule has 3 nitrogen and oxygen atoms in total. The van der Waals surface area contributed by atoms with E-state index in [1.54, 1.807) is 18.2 Å². The van der Waals surface area contributed by atoms with Gasteiger partial charge in [-0.3, -0.25) is 4.79 Å². The normalized spacial score (nSPS) is 11.4. The fourth-order valence-corrected chi connectivity index (χ4v) is 2.93. The Morgan fingerprint density at radius 1 is 1.04 bits per heavy atom. The molecule has 3 aromatic rings. The van der Waals surface area contributed by atoms with Crippen molar-refractivity contribution in [1.29, 1.82) is 5.26 Å². The van der Waals surface area contributed by atoms with Crippen LogP contribution in [0.3, 0.4) is 0 Å². The Bertz CT molecular complexity index is 983. The van der Waals surface area contributed by atoms with Crippen LogP contribution in [0, 0.1) is 17.1 Å². The number of nitrogens with zero attached hydrogens (tertiary/aromatic N) is 1. The number of hydrogen-bond donors (Lipinski definition) is 1. The van der Waals surface area contributed by atoms with Crippen LogP contribution in [0.4, 0.5) is 10.1 Å². The zero-order valence-corrected chi connectivity index (χ0v) is 14.4. The molecular formula is C21H14ClFN2O. The Morgan fingerprint density at radius 3 is 2.46 bits per heavy atom. The minimum Gasteiger partial charge on any atom is -0.322 e. The molecule has 3 rings (SSSR count). The van der Waals surface area contributed by atoms with Crippen molar-refractivity contribution in [3.63, 3.8) is 0 Å². The van der Waals surface area contributed by atoms with Gasteiger partial charge < -0.3 is 5.32 Å². The van der Waals surface area contributed by atoms with Gasteiger partial charge in [-0.1, -0.05) is 54.1 Å². The summed E-state index contributed by atoms with van der Waals surface area (Å²) in [6.45, 7) is 0. The second kappa shape index (κ2) is 7.81. The summed E-state index contributed by atoms with van der Waals surface area (Å²) >= 11 is 6.35. The maximum absolute atomic E-state index is 13.2. The molecule has 1 atom stereocenters. The van der Waals surface area contributed by atoms with E-state index in [1.165, 1.54) is 18.2 Å². The molecule has 0 aliphatic rings. The number of amides is 1. The van der Waals surface area contributed by atoms with Gasteiger partial charge in [-0.25, -0.2) is 4.39 Å². The first-order valence-corrected chi connectivity index (χ1v) is 8.27. The predicted octanol–water partition coefficient (Wildman–Crippen LogP) is 5.39. The summed E-state index contributed by atoms with van der Waals surface area (Å²) in [5, 5.41) is 12.6. The van der Waals surface area contributed by atoms with E-state index in [0.29, 0.717) is 16.3 Å². The standard InChI is InChI=1S/C21H14ClFN2O/c22-20-12-17(25-21(26)15-7-4-8-16(23)11-15)9-10-18(20)19(13-24)14-5-2-1-3-6-14/h1-12,19H,(H,25,26)/t19-/m1/s1. The summed E-state index contributed by atoms with van der Waals surface area (Å²) in [7, 11) is 0. The highest BCUT2D eigenvalue weighted by Gasteiger charge is 2.17. The quantitative estimate of drug-likeness (QED) is 0.675. The lowest BCUT2D eigenvalue weighted by atomic mass is 9.92. The highest BCUT2D eigenvalue weighted by Crippen LogP contribution is 2.31. The number of carbonyl (C=O) groups excluding carboxylic acids is 1. The van der Waals surface area contributed by atoms with E-state index in [9.17, 15) is 14.4 Å². The fraction of sp³-hybridized carbons (Fsp3) is 0.0476. The van der Waals surface area contributed by atoms with Gasteiger partial charge in [0.05, 0.1) is 12.0 Å². The van der Waals surface area contributed by atoms with Crippen molar-refractivity contribution >= 4 is 23.2 Å². The Hall–Kier alpha value is -3.16. The van der Waals surface area contributed by atoms with E-state index in [1.807, 2.05) is 30.3 Å². The van der Waals surface area contributed by atoms with Crippen molar-refractivity contribution in [3.05, 3.63) is 100 Å². The largest absolute Gasteiger partial charge is 0.322 e. The van der Waals surface area contributed by atoms with Gasteiger partial charge in [0, 0.05) is 16.3 Å². The second-order valence-electron chi connectivity index (χ2n) is 5.67. The Balaban J connectivity index is 1.83. The summed E-state index contributed by atoms with van der Waals surface area (Å²) in [4.78, 5) is 12.2. The van der Waals surface area contributed by atoms with Crippen LogP contribution < -0.4 is 5.32 Å². The molecule has 3 aromatic carbocycles. The average Bonchev–Trinajstić information content (AvgIpc) is 2.65. The summed E-state index contributed by atoms with van der Waals surface area (Å²) in [5.74, 6) is -1.42. The van der Waals surface area contributed by atoms with Gasteiger partial charge in [0.1, 0.15) is 5.82 Å². The Kier molecular flexibility index (Phi) is 5.31. The molecule has 0 radical (unpaired) electrons. The molecule has 0 aliphatic carbocycles. The second-order valence-corrected chi connectivity index (χ2v) is 6.08. The van der Waals surface area contributed by atoms with Crippen LogP contribution in [0.5, 0.6) is 0 Å². The summed E-state index contributed by atoms with van der Waals surface area (Å²) < 4.78 is 13.2. The zero-order valence-electron chi connectivity index (χ0n) is 13.6. The third kappa shape index (κ3) is 3.90. The molecule has 1 amide bonds. The van der Waals surface area contributed by atoms with Crippen molar-refractivity contribution in [2.24, 2.45) is 0 Å². The third-order valence-corrected chi connectivity index (χ3v) is 4.25. The van der Waals surface area contributed by atoms with Crippen molar-refractivity contribution < 1.29 is 9.18 Å². The van der Waals surface area contributed by atoms with Crippen LogP contribution in [0.1, 0.15) is 27.4 Å². The van der Waals surface area contributed by atoms with Gasteiger partial charge in [0.15, 0.2) is 0 Å². The topological polar surface area (TPSA) is 52.9 Å². The van der Waals surface area contributed by atoms with Crippen molar-refractivity contribution in [2.45, 2.75) is 5.92 Å². The molecule has 0 bridgehead atoms. The molecular weight excluding hydrogens is 351 g/mol. The molecule has 1 N–H and O–H groups in total. The number of carbonyl (C=O) groups is 1. The first-order chi connectivity index (χ1) is 12.6. The first-order valence-electron chi connectivity index (χ1n) is 7.89. The summed E-state index contributed by atoms with van der Waals surface area (Å²) in [6, 6.07) is 22.0. The number of nitriles is 1. The van der Waals surface area contributed by atoms with Crippen molar-refractivity contribution in [3.8, 4) is 6.07 Å². The van der Waals surface area contributed by atoms with E-state index >= 15 is 0 Å². The van der Waals surface area contributed by atoms with E-state index in [4.69, 9.17) is 11.6 Å². The number of nitrogens with one attached hydrogen (secondary N) is 1. The SMILES string of the molecule is N#C[C@H](c1ccccc1)c1ccc(NC(=O)c2cccc(F)c2)cc1Cl. The van der Waals surface area contributed by atoms with Gasteiger partial charge >= 0.3 is 0 Å². The van der Waals surface area contributed by atoms with Crippen LogP contribution in [0.25, 0.3) is 0 Å². The monoisotopic (exact) mass is 364 g/mol. The van der Waals surface area contributed by atoms with Crippen LogP contribution in [-0.4, -0.2) is 5.91 Å². The molecule has 0 aromatic heterocycles. The first kappa shape index (κ1) is 17.7. The van der Waals surface area contributed by atoms with Crippen molar-refractivity contribution in [1.82, 2.24) is 0 Å². The maximum Gasteiger partial charge on any atom is 0.255 e. The lowest BCUT2D eigenvalue weighted by Crippen LogP contribution is -2.12. The van der Waals surface area contributed by atoms with Crippen LogP contribution in [0.15, 0.2) is 72.8 Å². The molecule has 26 heavy (non-hydrogen) atoms. The lowest BCUT2D eigenvalue weighted by molar-refractivity contribution is 0.102. The molecule has 128 valence electrons. The van der Waals surface area contributed by atoms with Gasteiger partial charge in [-0.2, -0.15) is 5.26 Å². The lowest BCUT2D eigenvalue weighted by Gasteiger charge is -2.13. The van der Waals surface area contributed by atoms with Crippen LogP contribution >= 0.6 is 11.6 Å². The summed E-state index contributed by atoms with van der Waals surface area (Å²) in [5.41, 5.74) is 2.18. The fourth-order valence-electron chi connectivity index (χ4n) is 2.64. The number of benzene rings is 3. The van der Waals surface area contributed by atoms with Crippen LogP contribution in [-0.2, 0) is 0 Å². The smallest absolute Gasteiger partial charge is 0.255 e. The maximum atomic E-state index is 13.2. The van der Waals surface area contributed by atoms with Gasteiger partial charge in [-0.15, -0.1) is 0 Å². The molecule has 0 saturated carbocycles. The molecule has 0 heterocycles. The van der Waals surface area contributed by atoms with E-state index in [2.05, 4.69) is 11.4 Å². The van der Waals surface area contributed by atoms with Gasteiger partial charge in [0.2, 0.25) is 0 Å². The number of rotatable bonds is 4. The van der Waals surface area contributed by atoms with Crippen molar-refractivity contribution in [2.75, 3.05) is 5.32 Å². The minimum atomic E-state index is -0.503. The minimum absolute atomic E-state index is 0.212. The molecule has 5 heteroatoms. The Labute approximate surface area is 155 Å². The zero-order chi connectivity index (χ0) is 18.5. The highest BCUT2D eigenvalue weighted by molar-refractivity contribution is 6.32. The van der Waals surface area contributed by atoms with E-state index in [0.717, 1.165) is 11.6 Å². The third-order valence-electron chi connectivity index (χ3n) is 3.92. The Morgan fingerprint density at radius 2 is 1.81 bits per heavy atom. The number of halogens is 2. The summed E-state index contributed by atoms with van der Waals surface area (Å²) in [6.07, 6.45) is 0. The number of anilines is 1. The molecule has 0 saturated heterocycles. The molecule has 0 aliphatic heterocycles. The molecule has 0 unspecified atom stereocenters. The van der Waals surface area contributed by atoms with Crippen LogP contribution in [0.2, 0.25) is 5.02 Å². The van der Waals surface area contributed by atoms with Gasteiger partial charge in [-0.05, 0) is 41.5 Å². The van der Waals surface area contributed by atoms with Gasteiger partial charge in [0.25, 0.3) is 5.91 Å². The average molecular weight is 365 g/mol. The number of hydrogen-bond acceptors (Lipinski definition) is 2. The van der Waals surface area contributed by atoms with E-state index in [-0.39, 0.29) is 5.56 Å².